The Morgan fingerprint density at radius 3 is 2.51 bits per heavy atom. The number of anilines is 1. The van der Waals surface area contributed by atoms with Crippen LogP contribution in [0.15, 0.2) is 42.7 Å². The molecule has 1 aromatic carbocycles. The average Bonchev–Trinajstić information content (AvgIpc) is 3.85. The number of nitrogens with one attached hydrogen (secondary N) is 2. The molecule has 3 aliphatic carbocycles. The molecule has 0 spiro atoms. The standard InChI is InChI=1S/C38H53N7O2/c1-2-33(27-11-13-28(14-12-27)38(46)47)39-23-36-41-34-18-15-29(26-9-5-3-6-10-26)21-32(34)37(43-36)42-35(25-44-19-7-4-8-20-44)30-22-40-45(24-30)31-16-17-31/h3,5-6,9-10,22,24,27-29,31,33,35,39H,2,4,7-8,11-21,23,25H2,1H3,(H,46,47)(H,41,42,43)/t27?,28?,29-,33-,35+/m1/s1. The summed E-state index contributed by atoms with van der Waals surface area (Å²) in [6.07, 6.45) is 18.1. The number of piperidine rings is 1. The summed E-state index contributed by atoms with van der Waals surface area (Å²) in [7, 11) is 0. The lowest BCUT2D eigenvalue weighted by atomic mass is 9.78. The van der Waals surface area contributed by atoms with Crippen LogP contribution in [-0.4, -0.2) is 61.4 Å². The zero-order chi connectivity index (χ0) is 32.2. The van der Waals surface area contributed by atoms with Gasteiger partial charge in [-0.15, -0.1) is 0 Å². The van der Waals surface area contributed by atoms with Crippen LogP contribution in [0.4, 0.5) is 5.82 Å². The minimum absolute atomic E-state index is 0.102. The zero-order valence-corrected chi connectivity index (χ0v) is 28.1. The lowest BCUT2D eigenvalue weighted by Crippen LogP contribution is -2.38. The van der Waals surface area contributed by atoms with Crippen LogP contribution in [0, 0.1) is 11.8 Å². The van der Waals surface area contributed by atoms with Crippen molar-refractivity contribution in [3.05, 3.63) is 70.9 Å². The van der Waals surface area contributed by atoms with Gasteiger partial charge in [0.05, 0.1) is 30.7 Å². The Morgan fingerprint density at radius 2 is 1.79 bits per heavy atom. The first-order valence-corrected chi connectivity index (χ1v) is 18.5. The Balaban J connectivity index is 1.15. The van der Waals surface area contributed by atoms with Crippen LogP contribution in [0.2, 0.25) is 0 Å². The van der Waals surface area contributed by atoms with E-state index in [1.54, 1.807) is 0 Å². The SMILES string of the molecule is CC[C@@H](NCc1nc2c(c(N[C@@H](CN3CCCCC3)c3cnn(C4CC4)c3)n1)C[C@H](c1ccccc1)CC2)C1CCC(C(=O)O)CC1. The highest BCUT2D eigenvalue weighted by Crippen LogP contribution is 2.38. The third kappa shape index (κ3) is 7.89. The lowest BCUT2D eigenvalue weighted by molar-refractivity contribution is -0.143. The summed E-state index contributed by atoms with van der Waals surface area (Å²) in [5.41, 5.74) is 5.10. The normalized spacial score (nSPS) is 24.7. The Bertz CT molecular complexity index is 1470. The molecule has 9 heteroatoms. The van der Waals surface area contributed by atoms with E-state index >= 15 is 0 Å². The van der Waals surface area contributed by atoms with Crippen LogP contribution in [0.5, 0.6) is 0 Å². The minimum atomic E-state index is -0.639. The first kappa shape index (κ1) is 32.3. The van der Waals surface area contributed by atoms with Crippen molar-refractivity contribution >= 4 is 11.8 Å². The van der Waals surface area contributed by atoms with Gasteiger partial charge in [0, 0.05) is 35.6 Å². The van der Waals surface area contributed by atoms with Crippen LogP contribution in [0.1, 0.15) is 124 Å². The third-order valence-corrected chi connectivity index (χ3v) is 11.4. The molecule has 47 heavy (non-hydrogen) atoms. The highest BCUT2D eigenvalue weighted by atomic mass is 16.4. The summed E-state index contributed by atoms with van der Waals surface area (Å²) in [6.45, 7) is 6.10. The van der Waals surface area contributed by atoms with Gasteiger partial charge >= 0.3 is 5.97 Å². The van der Waals surface area contributed by atoms with E-state index in [1.807, 2.05) is 0 Å². The molecule has 2 aromatic heterocycles. The molecule has 9 nitrogen and oxygen atoms in total. The van der Waals surface area contributed by atoms with E-state index in [0.717, 1.165) is 82.6 Å². The van der Waals surface area contributed by atoms with E-state index < -0.39 is 5.97 Å². The fraction of sp³-hybridized carbons (Fsp3) is 0.632. The topological polar surface area (TPSA) is 108 Å². The summed E-state index contributed by atoms with van der Waals surface area (Å²) in [6, 6.07) is 11.9. The molecule has 3 heterocycles. The third-order valence-electron chi connectivity index (χ3n) is 11.4. The molecule has 7 rings (SSSR count). The molecule has 1 saturated heterocycles. The van der Waals surface area contributed by atoms with Crippen LogP contribution in [-0.2, 0) is 24.2 Å². The van der Waals surface area contributed by atoms with Crippen molar-refractivity contribution in [3.63, 3.8) is 0 Å². The summed E-state index contributed by atoms with van der Waals surface area (Å²) >= 11 is 0. The fourth-order valence-electron chi connectivity index (χ4n) is 8.38. The van der Waals surface area contributed by atoms with Crippen molar-refractivity contribution in [2.75, 3.05) is 25.0 Å². The summed E-state index contributed by atoms with van der Waals surface area (Å²) in [5, 5.41) is 22.1. The van der Waals surface area contributed by atoms with E-state index in [9.17, 15) is 9.90 Å². The zero-order valence-electron chi connectivity index (χ0n) is 28.1. The van der Waals surface area contributed by atoms with E-state index in [0.29, 0.717) is 30.5 Å². The van der Waals surface area contributed by atoms with Crippen molar-refractivity contribution in [2.45, 2.75) is 121 Å². The molecule has 3 N–H and O–H groups in total. The number of hydrogen-bond acceptors (Lipinski definition) is 7. The maximum absolute atomic E-state index is 11.5. The largest absolute Gasteiger partial charge is 0.481 e. The Labute approximate surface area is 280 Å². The minimum Gasteiger partial charge on any atom is -0.481 e. The molecular formula is C38H53N7O2. The number of carboxylic acid groups (broad SMARTS) is 1. The van der Waals surface area contributed by atoms with Crippen molar-refractivity contribution in [1.82, 2.24) is 30.0 Å². The number of carbonyl (C=O) groups is 1. The maximum Gasteiger partial charge on any atom is 0.306 e. The van der Waals surface area contributed by atoms with Crippen molar-refractivity contribution < 1.29 is 9.90 Å². The van der Waals surface area contributed by atoms with E-state index in [-0.39, 0.29) is 12.0 Å². The van der Waals surface area contributed by atoms with Gasteiger partial charge in [0.2, 0.25) is 0 Å². The molecule has 4 aliphatic rings. The second-order valence-corrected chi connectivity index (χ2v) is 14.7. The van der Waals surface area contributed by atoms with E-state index in [1.165, 1.54) is 54.5 Å². The second kappa shape index (κ2) is 14.9. The van der Waals surface area contributed by atoms with Gasteiger partial charge in [-0.1, -0.05) is 43.7 Å². The quantitative estimate of drug-likeness (QED) is 0.190. The van der Waals surface area contributed by atoms with Crippen molar-refractivity contribution in [1.29, 1.82) is 0 Å². The summed E-state index contributed by atoms with van der Waals surface area (Å²) < 4.78 is 2.17. The van der Waals surface area contributed by atoms with Crippen LogP contribution in [0.25, 0.3) is 0 Å². The van der Waals surface area contributed by atoms with Gasteiger partial charge in [-0.25, -0.2) is 9.97 Å². The van der Waals surface area contributed by atoms with Gasteiger partial charge in [0.1, 0.15) is 11.6 Å². The number of benzene rings is 1. The van der Waals surface area contributed by atoms with Gasteiger partial charge in [-0.2, -0.15) is 5.10 Å². The van der Waals surface area contributed by atoms with E-state index in [2.05, 4.69) is 69.9 Å². The first-order valence-electron chi connectivity index (χ1n) is 18.5. The van der Waals surface area contributed by atoms with Crippen LogP contribution >= 0.6 is 0 Å². The van der Waals surface area contributed by atoms with Crippen molar-refractivity contribution in [2.24, 2.45) is 11.8 Å². The highest BCUT2D eigenvalue weighted by molar-refractivity contribution is 5.70. The van der Waals surface area contributed by atoms with Crippen LogP contribution in [0.3, 0.4) is 0 Å². The van der Waals surface area contributed by atoms with Crippen LogP contribution < -0.4 is 10.6 Å². The molecule has 252 valence electrons. The molecule has 1 aliphatic heterocycles. The molecule has 3 fully saturated rings. The summed E-state index contributed by atoms with van der Waals surface area (Å²) in [4.78, 5) is 24.6. The van der Waals surface area contributed by atoms with E-state index in [4.69, 9.17) is 15.1 Å². The number of carboxylic acids is 1. The number of aliphatic carboxylic acids is 1. The van der Waals surface area contributed by atoms with Crippen molar-refractivity contribution in [3.8, 4) is 0 Å². The number of fused-ring (bicyclic) bond motifs is 1. The maximum atomic E-state index is 11.5. The van der Waals surface area contributed by atoms with Gasteiger partial charge in [-0.3, -0.25) is 9.48 Å². The molecule has 0 radical (unpaired) electrons. The molecule has 3 aromatic rings. The number of nitrogens with zero attached hydrogens (tertiary/aromatic N) is 5. The Kier molecular flexibility index (Phi) is 10.2. The summed E-state index contributed by atoms with van der Waals surface area (Å²) in [5.74, 6) is 1.97. The molecule has 3 atom stereocenters. The molecule has 0 unspecified atom stereocenters. The Hall–Kier alpha value is -3.30. The lowest BCUT2D eigenvalue weighted by Gasteiger charge is -2.33. The predicted molar refractivity (Wildman–Crippen MR) is 184 cm³/mol. The monoisotopic (exact) mass is 639 g/mol. The molecule has 2 saturated carbocycles. The first-order chi connectivity index (χ1) is 23.0. The molecule has 0 bridgehead atoms. The fourth-order valence-corrected chi connectivity index (χ4v) is 8.38. The smallest absolute Gasteiger partial charge is 0.306 e. The number of rotatable bonds is 13. The number of hydrogen-bond donors (Lipinski definition) is 3. The van der Waals surface area contributed by atoms with Gasteiger partial charge in [0.15, 0.2) is 0 Å². The number of aryl methyl sites for hydroxylation is 1. The second-order valence-electron chi connectivity index (χ2n) is 14.7. The number of aromatic nitrogens is 4. The predicted octanol–water partition coefficient (Wildman–Crippen LogP) is 6.68. The van der Waals surface area contributed by atoms with Gasteiger partial charge < -0.3 is 20.6 Å². The number of likely N-dealkylation sites (tertiary alicyclic amines) is 1. The average molecular weight is 640 g/mol. The molecular weight excluding hydrogens is 586 g/mol. The highest BCUT2D eigenvalue weighted by Gasteiger charge is 2.32. The Morgan fingerprint density at radius 1 is 1.00 bits per heavy atom. The van der Waals surface area contributed by atoms with Gasteiger partial charge in [0.25, 0.3) is 0 Å². The van der Waals surface area contributed by atoms with Gasteiger partial charge in [-0.05, 0) is 108 Å². The molecule has 0 amide bonds.